The first kappa shape index (κ1) is 15.6. The number of hydrogen-bond acceptors (Lipinski definition) is 5. The summed E-state index contributed by atoms with van der Waals surface area (Å²) in [5.74, 6) is -3.59. The summed E-state index contributed by atoms with van der Waals surface area (Å²) in [5, 5.41) is 29.7. The van der Waals surface area contributed by atoms with E-state index >= 15 is 0 Å². The molecular formula is C15H8ClFNO4-. The van der Waals surface area contributed by atoms with Gasteiger partial charge in [0.2, 0.25) is 0 Å². The van der Waals surface area contributed by atoms with Crippen molar-refractivity contribution in [2.75, 3.05) is 0 Å². The second-order valence-electron chi connectivity index (χ2n) is 4.25. The van der Waals surface area contributed by atoms with Gasteiger partial charge in [0.05, 0.1) is 5.97 Å². The molecule has 0 amide bonds. The van der Waals surface area contributed by atoms with Crippen molar-refractivity contribution in [3.05, 3.63) is 58.4 Å². The highest BCUT2D eigenvalue weighted by molar-refractivity contribution is 6.31. The molecular weight excluding hydrogens is 313 g/mol. The molecule has 0 spiro atoms. The average molecular weight is 321 g/mol. The van der Waals surface area contributed by atoms with Crippen LogP contribution in [0.25, 0.3) is 0 Å². The molecule has 0 saturated heterocycles. The zero-order valence-corrected chi connectivity index (χ0v) is 11.7. The van der Waals surface area contributed by atoms with Crippen LogP contribution in [0, 0.1) is 17.1 Å². The van der Waals surface area contributed by atoms with Crippen LogP contribution in [0.3, 0.4) is 0 Å². The van der Waals surface area contributed by atoms with Crippen LogP contribution in [0.4, 0.5) is 4.39 Å². The Morgan fingerprint density at radius 3 is 2.68 bits per heavy atom. The Morgan fingerprint density at radius 1 is 1.41 bits per heavy atom. The fraction of sp³-hybridized carbons (Fsp3) is 0.0667. The molecule has 0 aromatic heterocycles. The van der Waals surface area contributed by atoms with Gasteiger partial charge in [-0.15, -0.1) is 0 Å². The van der Waals surface area contributed by atoms with Crippen LogP contribution in [0.5, 0.6) is 11.5 Å². The normalized spacial score (nSPS) is 11.5. The van der Waals surface area contributed by atoms with Crippen LogP contribution in [0.15, 0.2) is 36.4 Å². The van der Waals surface area contributed by atoms with Gasteiger partial charge in [-0.05, 0) is 6.07 Å². The summed E-state index contributed by atoms with van der Waals surface area (Å²) in [5.41, 5.74) is -0.451. The Morgan fingerprint density at radius 2 is 2.09 bits per heavy atom. The smallest absolute Gasteiger partial charge is 0.165 e. The molecule has 0 saturated carbocycles. The number of carbonyl (C=O) groups is 1. The lowest BCUT2D eigenvalue weighted by atomic mass is 10.1. The van der Waals surface area contributed by atoms with Crippen LogP contribution in [-0.4, -0.2) is 11.1 Å². The molecule has 0 bridgehead atoms. The van der Waals surface area contributed by atoms with Crippen molar-refractivity contribution in [1.29, 1.82) is 5.26 Å². The molecule has 0 radical (unpaired) electrons. The monoisotopic (exact) mass is 320 g/mol. The average Bonchev–Trinajstić information content (AvgIpc) is 2.45. The molecule has 0 aliphatic carbocycles. The molecule has 1 atom stereocenters. The maximum absolute atomic E-state index is 13.6. The van der Waals surface area contributed by atoms with Gasteiger partial charge in [-0.2, -0.15) is 5.26 Å². The zero-order valence-electron chi connectivity index (χ0n) is 10.9. The molecule has 7 heteroatoms. The standard InChI is InChI=1S/C15H9ClFNO4/c16-11-4-2-1-3-9(11)14(15(20)21)22-13-6-8(19)5-12(17)10(13)7-18/h1-6,14,19H,(H,20,21)/p-1. The number of carboxylic acids is 1. The molecule has 2 aromatic carbocycles. The largest absolute Gasteiger partial charge is 0.546 e. The molecule has 112 valence electrons. The van der Waals surface area contributed by atoms with E-state index in [1.165, 1.54) is 18.2 Å². The Bertz CT molecular complexity index is 773. The van der Waals surface area contributed by atoms with E-state index in [0.29, 0.717) is 0 Å². The number of nitrogens with zero attached hydrogens (tertiary/aromatic N) is 1. The highest BCUT2D eigenvalue weighted by atomic mass is 35.5. The van der Waals surface area contributed by atoms with Crippen LogP contribution in [0.1, 0.15) is 17.2 Å². The van der Waals surface area contributed by atoms with Gasteiger partial charge in [-0.25, -0.2) is 4.39 Å². The third kappa shape index (κ3) is 3.10. The summed E-state index contributed by atoms with van der Waals surface area (Å²) in [7, 11) is 0. The van der Waals surface area contributed by atoms with Crippen LogP contribution >= 0.6 is 11.6 Å². The number of aliphatic carboxylic acids is 1. The number of rotatable bonds is 4. The first-order valence-corrected chi connectivity index (χ1v) is 6.36. The van der Waals surface area contributed by atoms with E-state index in [0.717, 1.165) is 12.1 Å². The Kier molecular flexibility index (Phi) is 4.49. The minimum Gasteiger partial charge on any atom is -0.546 e. The quantitative estimate of drug-likeness (QED) is 0.929. The van der Waals surface area contributed by atoms with Gasteiger partial charge >= 0.3 is 0 Å². The Labute approximate surface area is 129 Å². The second-order valence-corrected chi connectivity index (χ2v) is 4.66. The van der Waals surface area contributed by atoms with Gasteiger partial charge in [0, 0.05) is 22.7 Å². The van der Waals surface area contributed by atoms with Crippen LogP contribution in [-0.2, 0) is 4.79 Å². The minimum absolute atomic E-state index is 0.0804. The van der Waals surface area contributed by atoms with Crippen molar-refractivity contribution in [2.24, 2.45) is 0 Å². The fourth-order valence-electron chi connectivity index (χ4n) is 1.82. The lowest BCUT2D eigenvalue weighted by Gasteiger charge is -2.22. The number of phenolic OH excluding ortho intramolecular Hbond substituents is 1. The predicted octanol–water partition coefficient (Wildman–Crippen LogP) is 1.93. The van der Waals surface area contributed by atoms with E-state index in [-0.39, 0.29) is 10.6 Å². The molecule has 2 rings (SSSR count). The van der Waals surface area contributed by atoms with Gasteiger partial charge in [0.25, 0.3) is 0 Å². The third-order valence-corrected chi connectivity index (χ3v) is 3.14. The summed E-state index contributed by atoms with van der Waals surface area (Å²) < 4.78 is 18.8. The van der Waals surface area contributed by atoms with Crippen molar-refractivity contribution >= 4 is 17.6 Å². The summed E-state index contributed by atoms with van der Waals surface area (Å²) in [4.78, 5) is 11.3. The number of carbonyl (C=O) groups excluding carboxylic acids is 1. The number of nitriles is 1. The number of benzene rings is 2. The first-order valence-electron chi connectivity index (χ1n) is 5.98. The molecule has 2 aromatic rings. The topological polar surface area (TPSA) is 93.4 Å². The van der Waals surface area contributed by atoms with Crippen molar-refractivity contribution in [1.82, 2.24) is 0 Å². The Balaban J connectivity index is 2.49. The van der Waals surface area contributed by atoms with Crippen LogP contribution < -0.4 is 9.84 Å². The number of phenols is 1. The van der Waals surface area contributed by atoms with Gasteiger partial charge in [-0.3, -0.25) is 0 Å². The number of ether oxygens (including phenoxy) is 1. The van der Waals surface area contributed by atoms with E-state index in [1.54, 1.807) is 12.1 Å². The predicted molar refractivity (Wildman–Crippen MR) is 72.6 cm³/mol. The van der Waals surface area contributed by atoms with E-state index < -0.39 is 35.0 Å². The molecule has 1 unspecified atom stereocenters. The molecule has 22 heavy (non-hydrogen) atoms. The highest BCUT2D eigenvalue weighted by Gasteiger charge is 2.21. The van der Waals surface area contributed by atoms with E-state index in [2.05, 4.69) is 0 Å². The zero-order chi connectivity index (χ0) is 16.3. The number of carboxylic acid groups (broad SMARTS) is 1. The molecule has 0 fully saturated rings. The lowest BCUT2D eigenvalue weighted by Crippen LogP contribution is -2.33. The van der Waals surface area contributed by atoms with Gasteiger partial charge in [-0.1, -0.05) is 29.8 Å². The van der Waals surface area contributed by atoms with E-state index in [1.807, 2.05) is 0 Å². The molecule has 0 heterocycles. The van der Waals surface area contributed by atoms with Gasteiger partial charge in [0.15, 0.2) is 6.10 Å². The second kappa shape index (κ2) is 6.33. The minimum atomic E-state index is -1.66. The maximum Gasteiger partial charge on any atom is 0.165 e. The maximum atomic E-state index is 13.6. The lowest BCUT2D eigenvalue weighted by molar-refractivity contribution is -0.314. The van der Waals surface area contributed by atoms with E-state index in [9.17, 15) is 19.4 Å². The fourth-order valence-corrected chi connectivity index (χ4v) is 2.06. The van der Waals surface area contributed by atoms with Crippen molar-refractivity contribution in [3.8, 4) is 17.6 Å². The van der Waals surface area contributed by atoms with Crippen molar-refractivity contribution in [3.63, 3.8) is 0 Å². The number of hydrogen-bond donors (Lipinski definition) is 1. The van der Waals surface area contributed by atoms with Gasteiger partial charge in [0.1, 0.15) is 28.9 Å². The molecule has 0 aliphatic rings. The summed E-state index contributed by atoms with van der Waals surface area (Å²) >= 11 is 5.91. The number of aromatic hydroxyl groups is 1. The summed E-state index contributed by atoms with van der Waals surface area (Å²) in [6.45, 7) is 0. The van der Waals surface area contributed by atoms with E-state index in [4.69, 9.17) is 21.6 Å². The third-order valence-electron chi connectivity index (χ3n) is 2.80. The van der Waals surface area contributed by atoms with Crippen molar-refractivity contribution < 1.29 is 24.1 Å². The SMILES string of the molecule is N#Cc1c(F)cc(O)cc1OC(C(=O)[O-])c1ccccc1Cl. The summed E-state index contributed by atoms with van der Waals surface area (Å²) in [6.07, 6.45) is -1.66. The summed E-state index contributed by atoms with van der Waals surface area (Å²) in [6, 6.07) is 9.17. The number of halogens is 2. The van der Waals surface area contributed by atoms with Crippen LogP contribution in [0.2, 0.25) is 5.02 Å². The molecule has 0 aliphatic heterocycles. The van der Waals surface area contributed by atoms with Crippen molar-refractivity contribution in [2.45, 2.75) is 6.10 Å². The molecule has 1 N–H and O–H groups in total. The highest BCUT2D eigenvalue weighted by Crippen LogP contribution is 2.32. The molecule has 5 nitrogen and oxygen atoms in total. The Hall–Kier alpha value is -2.78. The first-order chi connectivity index (χ1) is 10.4. The van der Waals surface area contributed by atoms with Gasteiger partial charge < -0.3 is 19.7 Å².